The monoisotopic (exact) mass is 519 g/mol. The SMILES string of the molecule is CCOC(=O)C1=C(C)NC(SCC(=O)Nc2ccccc2C(C)C)=N[C@H]1c1cccc(Cl)c1Cl. The predicted molar refractivity (Wildman–Crippen MR) is 141 cm³/mol. The molecule has 0 bridgehead atoms. The van der Waals surface area contributed by atoms with Crippen molar-refractivity contribution in [1.29, 1.82) is 0 Å². The van der Waals surface area contributed by atoms with Crippen molar-refractivity contribution < 1.29 is 14.3 Å². The van der Waals surface area contributed by atoms with Gasteiger partial charge in [-0.1, -0.05) is 79.1 Å². The number of esters is 1. The second-order valence-electron chi connectivity index (χ2n) is 7.94. The number of anilines is 1. The Kier molecular flexibility index (Phi) is 9.05. The number of hydrogen-bond acceptors (Lipinski definition) is 6. The highest BCUT2D eigenvalue weighted by molar-refractivity contribution is 8.14. The number of carbonyl (C=O) groups is 2. The van der Waals surface area contributed by atoms with Crippen LogP contribution in [0.3, 0.4) is 0 Å². The molecular weight excluding hydrogens is 493 g/mol. The van der Waals surface area contributed by atoms with Crippen molar-refractivity contribution in [2.75, 3.05) is 17.7 Å². The zero-order valence-corrected chi connectivity index (χ0v) is 21.8. The molecule has 1 heterocycles. The molecule has 0 aromatic heterocycles. The number of nitrogens with zero attached hydrogens (tertiary/aromatic N) is 1. The largest absolute Gasteiger partial charge is 0.463 e. The van der Waals surface area contributed by atoms with Crippen molar-refractivity contribution >= 4 is 57.7 Å². The first kappa shape index (κ1) is 26.1. The molecule has 2 aromatic rings. The van der Waals surface area contributed by atoms with Gasteiger partial charge in [0.05, 0.1) is 28.0 Å². The van der Waals surface area contributed by atoms with E-state index in [1.165, 1.54) is 11.8 Å². The first-order chi connectivity index (χ1) is 16.2. The van der Waals surface area contributed by atoms with Gasteiger partial charge in [-0.25, -0.2) is 9.79 Å². The van der Waals surface area contributed by atoms with Crippen molar-refractivity contribution in [3.8, 4) is 0 Å². The number of amides is 1. The molecule has 34 heavy (non-hydrogen) atoms. The Morgan fingerprint density at radius 1 is 1.18 bits per heavy atom. The van der Waals surface area contributed by atoms with Crippen LogP contribution in [0.25, 0.3) is 0 Å². The van der Waals surface area contributed by atoms with Gasteiger partial charge in [-0.3, -0.25) is 4.79 Å². The number of carbonyl (C=O) groups excluding carboxylic acids is 2. The first-order valence-electron chi connectivity index (χ1n) is 10.9. The third kappa shape index (κ3) is 6.14. The molecule has 1 amide bonds. The van der Waals surface area contributed by atoms with Gasteiger partial charge in [0.15, 0.2) is 5.17 Å². The number of ether oxygens (including phenoxy) is 1. The fraction of sp³-hybridized carbons (Fsp3) is 0.320. The number of benzene rings is 2. The molecule has 1 aliphatic heterocycles. The van der Waals surface area contributed by atoms with Gasteiger partial charge in [0.1, 0.15) is 6.04 Å². The maximum absolute atomic E-state index is 12.7. The fourth-order valence-electron chi connectivity index (χ4n) is 3.59. The molecule has 0 unspecified atom stereocenters. The maximum atomic E-state index is 12.7. The van der Waals surface area contributed by atoms with Crippen LogP contribution in [0.15, 0.2) is 58.7 Å². The molecule has 0 radical (unpaired) electrons. The van der Waals surface area contributed by atoms with Crippen LogP contribution in [0.2, 0.25) is 10.0 Å². The van der Waals surface area contributed by atoms with Gasteiger partial charge in [0, 0.05) is 16.9 Å². The average molecular weight is 520 g/mol. The standard InChI is InChI=1S/C25H27Cl2N3O3S/c1-5-33-24(32)21-15(4)28-25(30-23(21)17-10-8-11-18(26)22(17)27)34-13-20(31)29-19-12-7-6-9-16(19)14(2)3/h6-12,14,23H,5,13H2,1-4H3,(H,28,30)(H,29,31)/t23-/m0/s1. The third-order valence-corrected chi connectivity index (χ3v) is 6.91. The van der Waals surface area contributed by atoms with E-state index in [1.54, 1.807) is 32.0 Å². The molecule has 0 spiro atoms. The van der Waals surface area contributed by atoms with E-state index < -0.39 is 12.0 Å². The summed E-state index contributed by atoms with van der Waals surface area (Å²) in [4.78, 5) is 30.1. The number of para-hydroxylation sites is 1. The summed E-state index contributed by atoms with van der Waals surface area (Å²) in [5, 5.41) is 7.29. The molecule has 180 valence electrons. The van der Waals surface area contributed by atoms with Gasteiger partial charge in [-0.15, -0.1) is 0 Å². The second-order valence-corrected chi connectivity index (χ2v) is 9.69. The van der Waals surface area contributed by atoms with E-state index in [0.29, 0.717) is 32.0 Å². The topological polar surface area (TPSA) is 79.8 Å². The quantitative estimate of drug-likeness (QED) is 0.418. The van der Waals surface area contributed by atoms with E-state index in [9.17, 15) is 9.59 Å². The molecule has 1 atom stereocenters. The van der Waals surface area contributed by atoms with Crippen LogP contribution in [-0.4, -0.2) is 29.4 Å². The first-order valence-corrected chi connectivity index (χ1v) is 12.6. The molecule has 2 N–H and O–H groups in total. The van der Waals surface area contributed by atoms with E-state index in [1.807, 2.05) is 24.3 Å². The molecule has 0 fully saturated rings. The van der Waals surface area contributed by atoms with E-state index in [-0.39, 0.29) is 24.2 Å². The molecule has 0 saturated carbocycles. The Bertz CT molecular complexity index is 1150. The highest BCUT2D eigenvalue weighted by Gasteiger charge is 2.32. The number of rotatable bonds is 7. The molecule has 6 nitrogen and oxygen atoms in total. The zero-order chi connectivity index (χ0) is 24.8. The lowest BCUT2D eigenvalue weighted by molar-refractivity contribution is -0.139. The van der Waals surface area contributed by atoms with Gasteiger partial charge in [0.25, 0.3) is 0 Å². The summed E-state index contributed by atoms with van der Waals surface area (Å²) in [5.74, 6) is -0.219. The number of halogens is 2. The summed E-state index contributed by atoms with van der Waals surface area (Å²) in [6.45, 7) is 7.91. The van der Waals surface area contributed by atoms with Crippen molar-refractivity contribution in [2.24, 2.45) is 4.99 Å². The minimum Gasteiger partial charge on any atom is -0.463 e. The number of aliphatic imine (C=N–C) groups is 1. The van der Waals surface area contributed by atoms with Crippen molar-refractivity contribution in [2.45, 2.75) is 39.7 Å². The molecule has 2 aromatic carbocycles. The van der Waals surface area contributed by atoms with Crippen LogP contribution in [0, 0.1) is 0 Å². The summed E-state index contributed by atoms with van der Waals surface area (Å²) in [6, 6.07) is 12.2. The smallest absolute Gasteiger partial charge is 0.338 e. The van der Waals surface area contributed by atoms with E-state index in [4.69, 9.17) is 32.9 Å². The molecule has 9 heteroatoms. The molecule has 0 saturated heterocycles. The highest BCUT2D eigenvalue weighted by atomic mass is 35.5. The molecule has 0 aliphatic carbocycles. The highest BCUT2D eigenvalue weighted by Crippen LogP contribution is 2.39. The molecule has 3 rings (SSSR count). The van der Waals surface area contributed by atoms with Crippen LogP contribution in [0.4, 0.5) is 5.69 Å². The lowest BCUT2D eigenvalue weighted by Crippen LogP contribution is -2.31. The van der Waals surface area contributed by atoms with Gasteiger partial charge < -0.3 is 15.4 Å². The third-order valence-electron chi connectivity index (χ3n) is 5.19. The summed E-state index contributed by atoms with van der Waals surface area (Å²) in [5.41, 5.74) is 3.40. The summed E-state index contributed by atoms with van der Waals surface area (Å²) in [6.07, 6.45) is 0. The van der Waals surface area contributed by atoms with Gasteiger partial charge in [-0.05, 0) is 37.5 Å². The average Bonchev–Trinajstić information content (AvgIpc) is 2.79. The summed E-state index contributed by atoms with van der Waals surface area (Å²) >= 11 is 13.9. The zero-order valence-electron chi connectivity index (χ0n) is 19.4. The number of nitrogens with one attached hydrogen (secondary N) is 2. The Labute approximate surface area is 214 Å². The number of thioether (sulfide) groups is 1. The van der Waals surface area contributed by atoms with Gasteiger partial charge in [-0.2, -0.15) is 0 Å². The number of allylic oxidation sites excluding steroid dienone is 1. The van der Waals surface area contributed by atoms with E-state index >= 15 is 0 Å². The van der Waals surface area contributed by atoms with Crippen molar-refractivity contribution in [3.63, 3.8) is 0 Å². The van der Waals surface area contributed by atoms with E-state index in [2.05, 4.69) is 24.5 Å². The lowest BCUT2D eigenvalue weighted by Gasteiger charge is -2.26. The maximum Gasteiger partial charge on any atom is 0.338 e. The van der Waals surface area contributed by atoms with Gasteiger partial charge in [0.2, 0.25) is 5.91 Å². The van der Waals surface area contributed by atoms with E-state index in [0.717, 1.165) is 11.3 Å². The van der Waals surface area contributed by atoms with Crippen LogP contribution >= 0.6 is 35.0 Å². The Balaban J connectivity index is 1.82. The fourth-order valence-corrected chi connectivity index (χ4v) is 4.74. The Morgan fingerprint density at radius 2 is 1.91 bits per heavy atom. The minimum absolute atomic E-state index is 0.135. The van der Waals surface area contributed by atoms with Crippen LogP contribution in [0.1, 0.15) is 50.8 Å². The van der Waals surface area contributed by atoms with Crippen LogP contribution in [0.5, 0.6) is 0 Å². The van der Waals surface area contributed by atoms with Crippen LogP contribution in [-0.2, 0) is 14.3 Å². The van der Waals surface area contributed by atoms with Crippen molar-refractivity contribution in [1.82, 2.24) is 5.32 Å². The van der Waals surface area contributed by atoms with Crippen LogP contribution < -0.4 is 10.6 Å². The normalized spacial score (nSPS) is 15.6. The number of amidine groups is 1. The Morgan fingerprint density at radius 3 is 2.62 bits per heavy atom. The summed E-state index contributed by atoms with van der Waals surface area (Å²) < 4.78 is 5.25. The second kappa shape index (κ2) is 11.8. The van der Waals surface area contributed by atoms with Crippen molar-refractivity contribution in [3.05, 3.63) is 74.9 Å². The Hall–Kier alpha value is -2.48. The lowest BCUT2D eigenvalue weighted by atomic mass is 9.96. The molecular formula is C25H27Cl2N3O3S. The predicted octanol–water partition coefficient (Wildman–Crippen LogP) is 6.33. The minimum atomic E-state index is -0.710. The van der Waals surface area contributed by atoms with Gasteiger partial charge >= 0.3 is 5.97 Å². The molecule has 1 aliphatic rings. The summed E-state index contributed by atoms with van der Waals surface area (Å²) in [7, 11) is 0. The number of hydrogen-bond donors (Lipinski definition) is 2.